The Morgan fingerprint density at radius 3 is 2.21 bits per heavy atom. The molecule has 0 aromatic heterocycles. The van der Waals surface area contributed by atoms with Crippen molar-refractivity contribution in [2.75, 3.05) is 0 Å². The number of allylic oxidation sites excluding steroid dienone is 1. The molecular weight excluding hydrogens is 414 g/mol. The highest BCUT2D eigenvalue weighted by atomic mass is 35.5. The number of β-lactam (4-membered cyclic amide) rings is 1. The summed E-state index contributed by atoms with van der Waals surface area (Å²) in [5, 5.41) is 12.0. The predicted octanol–water partition coefficient (Wildman–Crippen LogP) is -3.41. The summed E-state index contributed by atoms with van der Waals surface area (Å²) in [6.07, 6.45) is 0.849. The second kappa shape index (κ2) is 12.1. The molecule has 29 heavy (non-hydrogen) atoms. The highest BCUT2D eigenvalue weighted by Crippen LogP contribution is 2.38. The summed E-state index contributed by atoms with van der Waals surface area (Å²) in [6, 6.07) is 6.74. The Labute approximate surface area is 170 Å². The summed E-state index contributed by atoms with van der Waals surface area (Å²) in [4.78, 5) is 37.0. The molecular formula is C16H26ClN3O9. The van der Waals surface area contributed by atoms with Gasteiger partial charge in [0.25, 0.3) is 5.91 Å². The topological polar surface area (TPSA) is 270 Å². The largest absolute Gasteiger partial charge is 0.477 e. The number of benzene rings is 1. The quantitative estimate of drug-likeness (QED) is 0.403. The van der Waals surface area contributed by atoms with E-state index in [0.717, 1.165) is 4.90 Å². The fraction of sp³-hybridized carbons (Fsp3) is 0.312. The lowest BCUT2D eigenvalue weighted by molar-refractivity contribution is -0.156. The van der Waals surface area contributed by atoms with Crippen LogP contribution in [0.3, 0.4) is 0 Å². The van der Waals surface area contributed by atoms with Crippen molar-refractivity contribution in [2.45, 2.75) is 31.0 Å². The van der Waals surface area contributed by atoms with Crippen molar-refractivity contribution in [3.05, 3.63) is 46.6 Å². The first-order valence-electron chi connectivity index (χ1n) is 7.47. The number of carboxylic acid groups (broad SMARTS) is 1. The van der Waals surface area contributed by atoms with Crippen LogP contribution in [0.15, 0.2) is 41.1 Å². The molecule has 14 N–H and O–H groups in total. The highest BCUT2D eigenvalue weighted by molar-refractivity contribution is 6.32. The van der Waals surface area contributed by atoms with E-state index >= 15 is 0 Å². The Morgan fingerprint density at radius 1 is 1.14 bits per heavy atom. The molecule has 1 aromatic rings. The minimum absolute atomic E-state index is 0. The molecule has 0 bridgehead atoms. The van der Waals surface area contributed by atoms with Crippen LogP contribution in [-0.4, -0.2) is 67.3 Å². The Bertz CT molecular complexity index is 744. The van der Waals surface area contributed by atoms with Gasteiger partial charge in [0, 0.05) is 5.03 Å². The average Bonchev–Trinajstić information content (AvgIpc) is 2.59. The molecule has 13 heteroatoms. The van der Waals surface area contributed by atoms with Crippen LogP contribution in [0.25, 0.3) is 0 Å². The zero-order chi connectivity index (χ0) is 17.4. The zero-order valence-corrected chi connectivity index (χ0v) is 15.9. The van der Waals surface area contributed by atoms with E-state index in [-0.39, 0.29) is 38.1 Å². The predicted molar refractivity (Wildman–Crippen MR) is 104 cm³/mol. The van der Waals surface area contributed by atoms with Crippen LogP contribution in [0.2, 0.25) is 0 Å². The molecule has 3 rings (SSSR count). The molecule has 1 saturated heterocycles. The number of rotatable bonds is 4. The van der Waals surface area contributed by atoms with E-state index in [1.165, 1.54) is 0 Å². The number of halogens is 1. The van der Waals surface area contributed by atoms with E-state index in [1.54, 1.807) is 24.3 Å². The van der Waals surface area contributed by atoms with Crippen molar-refractivity contribution in [1.29, 1.82) is 0 Å². The van der Waals surface area contributed by atoms with Gasteiger partial charge in [-0.1, -0.05) is 41.9 Å². The smallest absolute Gasteiger partial charge is 0.353 e. The Morgan fingerprint density at radius 2 is 1.69 bits per heavy atom. The van der Waals surface area contributed by atoms with E-state index in [9.17, 15) is 19.5 Å². The van der Waals surface area contributed by atoms with Gasteiger partial charge in [0.1, 0.15) is 17.8 Å². The Kier molecular flexibility index (Phi) is 13.0. The van der Waals surface area contributed by atoms with Crippen LogP contribution in [0, 0.1) is 0 Å². The van der Waals surface area contributed by atoms with Gasteiger partial charge in [0.2, 0.25) is 5.91 Å². The Hall–Kier alpha value is -2.58. The summed E-state index contributed by atoms with van der Waals surface area (Å²) in [5.74, 6) is -2.20. The van der Waals surface area contributed by atoms with E-state index in [1.807, 2.05) is 6.07 Å². The molecule has 2 amide bonds. The monoisotopic (exact) mass is 439 g/mol. The minimum atomic E-state index is -1.25. The number of carbonyl (C=O) groups is 3. The fourth-order valence-corrected chi connectivity index (χ4v) is 3.35. The van der Waals surface area contributed by atoms with Crippen LogP contribution < -0.4 is 11.1 Å². The fourth-order valence-electron chi connectivity index (χ4n) is 3.07. The SMILES string of the molecule is N[C@@H](C(=O)N[C@@H]1C(=O)N2C(C(=O)O)=C(Cl)CC[C@H]12)c1ccccc1.O.O.O.O.O. The standard InChI is InChI=1S/C16H16ClN3O4.5H2O/c17-9-6-7-10-12(15(22)20(10)13(9)16(23)24)19-14(21)11(18)8-4-2-1-3-5-8;;;;;/h1-5,10-12H,6-7,18H2,(H,19,21)(H,23,24);5*1H2/t10-,11-,12+;;;;;/m1...../s1. The molecule has 2 aliphatic rings. The van der Waals surface area contributed by atoms with Gasteiger partial charge in [0.05, 0.1) is 6.04 Å². The van der Waals surface area contributed by atoms with Crippen molar-refractivity contribution in [3.63, 3.8) is 0 Å². The van der Waals surface area contributed by atoms with Crippen molar-refractivity contribution >= 4 is 29.4 Å². The van der Waals surface area contributed by atoms with Crippen molar-refractivity contribution < 1.29 is 46.9 Å². The highest BCUT2D eigenvalue weighted by Gasteiger charge is 2.53. The van der Waals surface area contributed by atoms with Crippen LogP contribution in [0.5, 0.6) is 0 Å². The van der Waals surface area contributed by atoms with Crippen LogP contribution >= 0.6 is 11.6 Å². The molecule has 0 radical (unpaired) electrons. The van der Waals surface area contributed by atoms with E-state index in [2.05, 4.69) is 5.32 Å². The van der Waals surface area contributed by atoms with Gasteiger partial charge < -0.3 is 43.5 Å². The van der Waals surface area contributed by atoms with Gasteiger partial charge in [-0.25, -0.2) is 4.79 Å². The molecule has 0 saturated carbocycles. The first-order chi connectivity index (χ1) is 11.4. The van der Waals surface area contributed by atoms with Crippen LogP contribution in [0.4, 0.5) is 0 Å². The number of hydrogen-bond acceptors (Lipinski definition) is 4. The summed E-state index contributed by atoms with van der Waals surface area (Å²) in [7, 11) is 0. The number of nitrogens with one attached hydrogen (secondary N) is 1. The van der Waals surface area contributed by atoms with Gasteiger partial charge in [-0.2, -0.15) is 0 Å². The minimum Gasteiger partial charge on any atom is -0.477 e. The third-order valence-electron chi connectivity index (χ3n) is 4.32. The first kappa shape index (κ1) is 31.1. The van der Waals surface area contributed by atoms with Crippen LogP contribution in [-0.2, 0) is 14.4 Å². The molecule has 1 fully saturated rings. The second-order valence-electron chi connectivity index (χ2n) is 5.75. The maximum absolute atomic E-state index is 12.3. The zero-order valence-electron chi connectivity index (χ0n) is 15.1. The van der Waals surface area contributed by atoms with E-state index in [0.29, 0.717) is 18.4 Å². The molecule has 3 atom stereocenters. The van der Waals surface area contributed by atoms with E-state index in [4.69, 9.17) is 17.3 Å². The number of hydrogen-bond donors (Lipinski definition) is 3. The third-order valence-corrected chi connectivity index (χ3v) is 4.69. The maximum Gasteiger partial charge on any atom is 0.353 e. The van der Waals surface area contributed by atoms with Gasteiger partial charge in [-0.3, -0.25) is 14.5 Å². The van der Waals surface area contributed by atoms with E-state index < -0.39 is 35.9 Å². The first-order valence-corrected chi connectivity index (χ1v) is 7.85. The van der Waals surface area contributed by atoms with Crippen molar-refractivity contribution in [1.82, 2.24) is 10.2 Å². The summed E-state index contributed by atoms with van der Waals surface area (Å²) in [5.41, 5.74) is 6.35. The number of aliphatic carboxylic acids is 1. The van der Waals surface area contributed by atoms with Gasteiger partial charge in [-0.15, -0.1) is 0 Å². The number of nitrogens with zero attached hydrogens (tertiary/aromatic N) is 1. The lowest BCUT2D eigenvalue weighted by atomic mass is 9.86. The molecule has 12 nitrogen and oxygen atoms in total. The lowest BCUT2D eigenvalue weighted by Crippen LogP contribution is -2.72. The molecule has 0 unspecified atom stereocenters. The number of amides is 2. The molecule has 2 aliphatic heterocycles. The molecule has 1 aromatic carbocycles. The normalized spacial score (nSPS) is 19.9. The second-order valence-corrected chi connectivity index (χ2v) is 6.20. The Balaban J connectivity index is -0.00000135. The number of carbonyl (C=O) groups excluding carboxylic acids is 2. The van der Waals surface area contributed by atoms with Gasteiger partial charge in [-0.05, 0) is 18.4 Å². The number of nitrogens with two attached hydrogens (primary N) is 1. The molecule has 0 aliphatic carbocycles. The third kappa shape index (κ3) is 5.48. The van der Waals surface area contributed by atoms with Gasteiger partial charge in [0.15, 0.2) is 0 Å². The van der Waals surface area contributed by atoms with Crippen molar-refractivity contribution in [3.8, 4) is 0 Å². The van der Waals surface area contributed by atoms with Crippen molar-refractivity contribution in [2.24, 2.45) is 5.73 Å². The summed E-state index contributed by atoms with van der Waals surface area (Å²) < 4.78 is 0. The average molecular weight is 440 g/mol. The summed E-state index contributed by atoms with van der Waals surface area (Å²) >= 11 is 5.92. The molecule has 166 valence electrons. The number of fused-ring (bicyclic) bond motifs is 1. The summed E-state index contributed by atoms with van der Waals surface area (Å²) in [6.45, 7) is 0. The van der Waals surface area contributed by atoms with Crippen LogP contribution in [0.1, 0.15) is 24.4 Å². The molecule has 2 heterocycles. The lowest BCUT2D eigenvalue weighted by Gasteiger charge is -2.49. The van der Waals surface area contributed by atoms with Gasteiger partial charge >= 0.3 is 5.97 Å². The maximum atomic E-state index is 12.3. The molecule has 0 spiro atoms. The number of carboxylic acids is 1.